The maximum atomic E-state index is 12.4. The number of carbonyl (C=O) groups is 1. The molecule has 0 aliphatic heterocycles. The fourth-order valence-corrected chi connectivity index (χ4v) is 3.27. The number of aromatic amines is 1. The van der Waals surface area contributed by atoms with Crippen LogP contribution < -0.4 is 15.6 Å². The Morgan fingerprint density at radius 3 is 2.48 bits per heavy atom. The highest BCUT2D eigenvalue weighted by molar-refractivity contribution is 5.93. The minimum absolute atomic E-state index is 0.0725. The molecule has 0 unspecified atom stereocenters. The topological polar surface area (TPSA) is 93.3 Å². The van der Waals surface area contributed by atoms with Crippen molar-refractivity contribution in [3.8, 4) is 5.75 Å². The fraction of sp³-hybridized carbons (Fsp3) is 0.318. The van der Waals surface area contributed by atoms with Gasteiger partial charge in [0.1, 0.15) is 11.6 Å². The van der Waals surface area contributed by atoms with Crippen LogP contribution in [0.3, 0.4) is 0 Å². The monoisotopic (exact) mass is 395 g/mol. The number of hydrogen-bond acceptors (Lipinski definition) is 6. The third-order valence-corrected chi connectivity index (χ3v) is 4.81. The molecule has 2 N–H and O–H groups in total. The summed E-state index contributed by atoms with van der Waals surface area (Å²) in [6.07, 6.45) is 0. The molecular formula is C22H25N3O4. The van der Waals surface area contributed by atoms with E-state index in [4.69, 9.17) is 9.47 Å². The normalized spacial score (nSPS) is 12.2. The van der Waals surface area contributed by atoms with Crippen LogP contribution in [-0.2, 0) is 11.3 Å². The van der Waals surface area contributed by atoms with Gasteiger partial charge in [0.2, 0.25) is 0 Å². The van der Waals surface area contributed by atoms with Gasteiger partial charge >= 0.3 is 5.97 Å². The van der Waals surface area contributed by atoms with E-state index < -0.39 is 5.97 Å². The van der Waals surface area contributed by atoms with Crippen LogP contribution in [0, 0.1) is 5.92 Å². The largest absolute Gasteiger partial charge is 0.497 e. The van der Waals surface area contributed by atoms with Gasteiger partial charge in [-0.05, 0) is 41.8 Å². The SMILES string of the molecule is COC(=O)c1ccc2c(=O)[nH]c(CN[C@@H](c3ccc(OC)cc3)C(C)C)nc2c1. The summed E-state index contributed by atoms with van der Waals surface area (Å²) in [7, 11) is 2.96. The minimum atomic E-state index is -0.465. The van der Waals surface area contributed by atoms with Gasteiger partial charge in [-0.3, -0.25) is 4.79 Å². The number of nitrogens with one attached hydrogen (secondary N) is 2. The van der Waals surface area contributed by atoms with E-state index in [0.29, 0.717) is 34.8 Å². The summed E-state index contributed by atoms with van der Waals surface area (Å²) in [6, 6.07) is 12.7. The third-order valence-electron chi connectivity index (χ3n) is 4.81. The van der Waals surface area contributed by atoms with E-state index >= 15 is 0 Å². The van der Waals surface area contributed by atoms with E-state index in [1.165, 1.54) is 7.11 Å². The molecule has 3 aromatic rings. The van der Waals surface area contributed by atoms with Crippen LogP contribution in [0.2, 0.25) is 0 Å². The zero-order valence-electron chi connectivity index (χ0n) is 17.0. The zero-order valence-corrected chi connectivity index (χ0v) is 17.0. The van der Waals surface area contributed by atoms with Crippen molar-refractivity contribution in [1.82, 2.24) is 15.3 Å². The molecule has 152 valence electrons. The number of aromatic nitrogens is 2. The predicted octanol–water partition coefficient (Wildman–Crippen LogP) is 3.21. The number of benzene rings is 2. The second kappa shape index (κ2) is 8.87. The van der Waals surface area contributed by atoms with Gasteiger partial charge in [-0.25, -0.2) is 9.78 Å². The Labute approximate surface area is 169 Å². The molecule has 0 amide bonds. The van der Waals surface area contributed by atoms with Gasteiger partial charge < -0.3 is 19.8 Å². The Morgan fingerprint density at radius 2 is 1.86 bits per heavy atom. The second-order valence-electron chi connectivity index (χ2n) is 7.11. The molecule has 0 radical (unpaired) electrons. The van der Waals surface area contributed by atoms with E-state index in [2.05, 4.69) is 29.1 Å². The Bertz CT molecular complexity index is 1060. The van der Waals surface area contributed by atoms with E-state index in [1.54, 1.807) is 25.3 Å². The Hall–Kier alpha value is -3.19. The smallest absolute Gasteiger partial charge is 0.337 e. The maximum absolute atomic E-state index is 12.4. The molecule has 1 aromatic heterocycles. The molecule has 0 bridgehead atoms. The van der Waals surface area contributed by atoms with E-state index in [9.17, 15) is 9.59 Å². The molecule has 0 saturated carbocycles. The number of methoxy groups -OCH3 is 2. The third kappa shape index (κ3) is 4.63. The van der Waals surface area contributed by atoms with Gasteiger partial charge in [-0.2, -0.15) is 0 Å². The molecule has 0 aliphatic rings. The first kappa shape index (κ1) is 20.5. The van der Waals surface area contributed by atoms with Crippen molar-refractivity contribution in [2.45, 2.75) is 26.4 Å². The standard InChI is InChI=1S/C22H25N3O4/c1-13(2)20(14-5-8-16(28-3)9-6-14)23-12-19-24-18-11-15(22(27)29-4)7-10-17(18)21(26)25-19/h5-11,13,20,23H,12H2,1-4H3,(H,24,25,26)/t20-/m1/s1. The number of carbonyl (C=O) groups excluding carboxylic acids is 1. The average molecular weight is 395 g/mol. The zero-order chi connectivity index (χ0) is 21.0. The van der Waals surface area contributed by atoms with Crippen LogP contribution in [0.4, 0.5) is 0 Å². The summed E-state index contributed by atoms with van der Waals surface area (Å²) in [4.78, 5) is 31.5. The van der Waals surface area contributed by atoms with Crippen LogP contribution >= 0.6 is 0 Å². The van der Waals surface area contributed by atoms with Gasteiger partial charge in [0.15, 0.2) is 0 Å². The lowest BCUT2D eigenvalue weighted by molar-refractivity contribution is 0.0601. The summed E-state index contributed by atoms with van der Waals surface area (Å²) in [5, 5.41) is 3.89. The van der Waals surface area contributed by atoms with Crippen molar-refractivity contribution in [1.29, 1.82) is 0 Å². The average Bonchev–Trinajstić information content (AvgIpc) is 2.73. The Kier molecular flexibility index (Phi) is 6.29. The number of fused-ring (bicyclic) bond motifs is 1. The summed E-state index contributed by atoms with van der Waals surface area (Å²) in [5.41, 5.74) is 1.69. The van der Waals surface area contributed by atoms with Gasteiger partial charge in [0.05, 0.1) is 37.2 Å². The lowest BCUT2D eigenvalue weighted by Crippen LogP contribution is -2.27. The predicted molar refractivity (Wildman–Crippen MR) is 111 cm³/mol. The van der Waals surface area contributed by atoms with Crippen molar-refractivity contribution in [2.24, 2.45) is 5.92 Å². The quantitative estimate of drug-likeness (QED) is 0.597. The lowest BCUT2D eigenvalue weighted by atomic mass is 9.96. The van der Waals surface area contributed by atoms with Crippen molar-refractivity contribution >= 4 is 16.9 Å². The maximum Gasteiger partial charge on any atom is 0.337 e. The van der Waals surface area contributed by atoms with Gasteiger partial charge in [0.25, 0.3) is 5.56 Å². The molecule has 0 fully saturated rings. The summed E-state index contributed by atoms with van der Waals surface area (Å²) in [5.74, 6) is 1.16. The van der Waals surface area contributed by atoms with E-state index in [1.807, 2.05) is 24.3 Å². The number of ether oxygens (including phenoxy) is 2. The molecule has 7 heteroatoms. The summed E-state index contributed by atoms with van der Waals surface area (Å²) in [6.45, 7) is 4.63. The molecule has 1 heterocycles. The molecule has 3 rings (SSSR count). The van der Waals surface area contributed by atoms with Crippen molar-refractivity contribution in [3.05, 3.63) is 69.8 Å². The minimum Gasteiger partial charge on any atom is -0.497 e. The summed E-state index contributed by atoms with van der Waals surface area (Å²) >= 11 is 0. The highest BCUT2D eigenvalue weighted by atomic mass is 16.5. The van der Waals surface area contributed by atoms with Gasteiger partial charge in [-0.15, -0.1) is 0 Å². The Morgan fingerprint density at radius 1 is 1.14 bits per heavy atom. The lowest BCUT2D eigenvalue weighted by Gasteiger charge is -2.23. The summed E-state index contributed by atoms with van der Waals surface area (Å²) < 4.78 is 9.97. The molecule has 0 spiro atoms. The molecule has 7 nitrogen and oxygen atoms in total. The molecule has 0 aliphatic carbocycles. The van der Waals surface area contributed by atoms with Crippen molar-refractivity contribution in [2.75, 3.05) is 14.2 Å². The first-order valence-electron chi connectivity index (χ1n) is 9.41. The Balaban J connectivity index is 1.85. The number of rotatable bonds is 7. The van der Waals surface area contributed by atoms with Crippen LogP contribution in [0.1, 0.15) is 41.6 Å². The molecule has 0 saturated heterocycles. The molecular weight excluding hydrogens is 370 g/mol. The van der Waals surface area contributed by atoms with Crippen LogP contribution in [-0.4, -0.2) is 30.2 Å². The van der Waals surface area contributed by atoms with Gasteiger partial charge in [0, 0.05) is 6.04 Å². The number of hydrogen-bond donors (Lipinski definition) is 2. The fourth-order valence-electron chi connectivity index (χ4n) is 3.27. The molecule has 29 heavy (non-hydrogen) atoms. The van der Waals surface area contributed by atoms with Crippen molar-refractivity contribution < 1.29 is 14.3 Å². The number of esters is 1. The van der Waals surface area contributed by atoms with Crippen LogP contribution in [0.15, 0.2) is 47.3 Å². The first-order valence-corrected chi connectivity index (χ1v) is 9.41. The number of H-pyrrole nitrogens is 1. The molecule has 1 atom stereocenters. The van der Waals surface area contributed by atoms with Crippen molar-refractivity contribution in [3.63, 3.8) is 0 Å². The van der Waals surface area contributed by atoms with E-state index in [-0.39, 0.29) is 11.6 Å². The van der Waals surface area contributed by atoms with Crippen LogP contribution in [0.5, 0.6) is 5.75 Å². The highest BCUT2D eigenvalue weighted by Crippen LogP contribution is 2.24. The first-order chi connectivity index (χ1) is 13.9. The van der Waals surface area contributed by atoms with E-state index in [0.717, 1.165) is 11.3 Å². The van der Waals surface area contributed by atoms with Crippen LogP contribution in [0.25, 0.3) is 10.9 Å². The second-order valence-corrected chi connectivity index (χ2v) is 7.11. The van der Waals surface area contributed by atoms with Gasteiger partial charge in [-0.1, -0.05) is 26.0 Å². The highest BCUT2D eigenvalue weighted by Gasteiger charge is 2.16. The number of nitrogens with zero attached hydrogens (tertiary/aromatic N) is 1. The molecule has 2 aromatic carbocycles.